The van der Waals surface area contributed by atoms with Gasteiger partial charge in [0.15, 0.2) is 0 Å². The van der Waals surface area contributed by atoms with Gasteiger partial charge in [-0.2, -0.15) is 0 Å². The molecular formula is C26H20FN5O6. The van der Waals surface area contributed by atoms with E-state index in [9.17, 15) is 28.9 Å². The lowest BCUT2D eigenvalue weighted by molar-refractivity contribution is -0.384. The number of fused-ring (bicyclic) bond motifs is 1. The Hall–Kier alpha value is -5.13. The number of non-ortho nitro benzene ring substituents is 1. The molecule has 0 unspecified atom stereocenters. The normalized spacial score (nSPS) is 13.4. The van der Waals surface area contributed by atoms with Crippen molar-refractivity contribution in [1.82, 2.24) is 20.0 Å². The quantitative estimate of drug-likeness (QED) is 0.316. The van der Waals surface area contributed by atoms with Gasteiger partial charge in [-0.25, -0.2) is 9.49 Å². The van der Waals surface area contributed by atoms with E-state index in [0.717, 1.165) is 6.07 Å². The SMILES string of the molecule is O=C(c1cccc([N+](=O)[O-])c1)N1CCN(C(=O)c2cc(Oc3n[nH]c(=O)c4ccccc34)ccc2F)CC1. The lowest BCUT2D eigenvalue weighted by atomic mass is 10.1. The zero-order valence-corrected chi connectivity index (χ0v) is 19.8. The molecule has 4 aromatic rings. The number of aromatic nitrogens is 2. The molecule has 0 aliphatic carbocycles. The summed E-state index contributed by atoms with van der Waals surface area (Å²) in [4.78, 5) is 51.3. The smallest absolute Gasteiger partial charge is 0.272 e. The molecule has 0 saturated carbocycles. The first-order valence-corrected chi connectivity index (χ1v) is 11.6. The third-order valence-corrected chi connectivity index (χ3v) is 6.20. The molecule has 3 aromatic carbocycles. The van der Waals surface area contributed by atoms with E-state index >= 15 is 0 Å². The second-order valence-corrected chi connectivity index (χ2v) is 8.54. The van der Waals surface area contributed by atoms with Crippen LogP contribution >= 0.6 is 0 Å². The Balaban J connectivity index is 1.29. The maximum atomic E-state index is 14.7. The number of aromatic amines is 1. The van der Waals surface area contributed by atoms with Crippen molar-refractivity contribution in [2.45, 2.75) is 0 Å². The molecular weight excluding hydrogens is 497 g/mol. The van der Waals surface area contributed by atoms with Crippen molar-refractivity contribution in [1.29, 1.82) is 0 Å². The van der Waals surface area contributed by atoms with Crippen LogP contribution in [0.2, 0.25) is 0 Å². The van der Waals surface area contributed by atoms with Crippen LogP contribution in [0, 0.1) is 15.9 Å². The number of nitrogens with one attached hydrogen (secondary N) is 1. The number of hydrogen-bond acceptors (Lipinski definition) is 7. The van der Waals surface area contributed by atoms with Crippen molar-refractivity contribution < 1.29 is 23.6 Å². The van der Waals surface area contributed by atoms with Gasteiger partial charge in [0.1, 0.15) is 11.6 Å². The van der Waals surface area contributed by atoms with Crippen LogP contribution in [0.15, 0.2) is 71.5 Å². The molecule has 2 heterocycles. The molecule has 12 heteroatoms. The molecule has 1 saturated heterocycles. The van der Waals surface area contributed by atoms with E-state index in [-0.39, 0.29) is 66.1 Å². The van der Waals surface area contributed by atoms with Crippen LogP contribution in [0.5, 0.6) is 11.6 Å². The minimum atomic E-state index is -0.739. The Morgan fingerprint density at radius 2 is 1.61 bits per heavy atom. The summed E-state index contributed by atoms with van der Waals surface area (Å²) < 4.78 is 20.4. The lowest BCUT2D eigenvalue weighted by Gasteiger charge is -2.35. The van der Waals surface area contributed by atoms with Crippen molar-refractivity contribution in [3.8, 4) is 11.6 Å². The standard InChI is InChI=1S/C26H20FN5O6/c27-22-9-8-18(38-24-20-7-2-1-6-19(20)23(33)28-29-24)15-21(22)26(35)31-12-10-30(11-13-31)25(34)16-4-3-5-17(14-16)32(36)37/h1-9,14-15H,10-13H2,(H,28,33). The molecule has 192 valence electrons. The van der Waals surface area contributed by atoms with Crippen molar-refractivity contribution in [3.05, 3.63) is 104 Å². The fourth-order valence-corrected chi connectivity index (χ4v) is 4.23. The molecule has 1 fully saturated rings. The lowest BCUT2D eigenvalue weighted by Crippen LogP contribution is -2.50. The summed E-state index contributed by atoms with van der Waals surface area (Å²) in [7, 11) is 0. The van der Waals surface area contributed by atoms with E-state index in [1.807, 2.05) is 0 Å². The molecule has 5 rings (SSSR count). The van der Waals surface area contributed by atoms with Crippen LogP contribution in [0.25, 0.3) is 10.8 Å². The number of H-pyrrole nitrogens is 1. The zero-order valence-electron chi connectivity index (χ0n) is 19.8. The number of nitrogens with zero attached hydrogens (tertiary/aromatic N) is 4. The van der Waals surface area contributed by atoms with Gasteiger partial charge in [-0.1, -0.05) is 18.2 Å². The highest BCUT2D eigenvalue weighted by Crippen LogP contribution is 2.27. The monoisotopic (exact) mass is 517 g/mol. The van der Waals surface area contributed by atoms with Gasteiger partial charge in [-0.15, -0.1) is 5.10 Å². The van der Waals surface area contributed by atoms with Gasteiger partial charge >= 0.3 is 0 Å². The molecule has 2 amide bonds. The Labute approximate surface area is 214 Å². The summed E-state index contributed by atoms with van der Waals surface area (Å²) in [6.07, 6.45) is 0. The van der Waals surface area contributed by atoms with Crippen LogP contribution in [-0.2, 0) is 0 Å². The molecule has 1 aliphatic heterocycles. The number of hydrogen-bond donors (Lipinski definition) is 1. The first-order valence-electron chi connectivity index (χ1n) is 11.6. The minimum Gasteiger partial charge on any atom is -0.437 e. The third-order valence-electron chi connectivity index (χ3n) is 6.20. The predicted molar refractivity (Wildman–Crippen MR) is 134 cm³/mol. The Bertz CT molecular complexity index is 1630. The number of halogens is 1. The van der Waals surface area contributed by atoms with Crippen molar-refractivity contribution in [2.75, 3.05) is 26.2 Å². The number of carbonyl (C=O) groups is 2. The number of nitro benzene ring substituents is 1. The number of ether oxygens (including phenoxy) is 1. The number of nitro groups is 1. The molecule has 1 aromatic heterocycles. The third kappa shape index (κ3) is 4.78. The number of benzene rings is 3. The van der Waals surface area contributed by atoms with E-state index in [4.69, 9.17) is 4.74 Å². The number of amides is 2. The van der Waals surface area contributed by atoms with Crippen LogP contribution in [-0.4, -0.2) is 62.9 Å². The van der Waals surface area contributed by atoms with Gasteiger partial charge in [-0.05, 0) is 36.4 Å². The maximum Gasteiger partial charge on any atom is 0.272 e. The van der Waals surface area contributed by atoms with Gasteiger partial charge in [0, 0.05) is 43.9 Å². The average molecular weight is 517 g/mol. The predicted octanol–water partition coefficient (Wildman–Crippen LogP) is 3.36. The van der Waals surface area contributed by atoms with E-state index < -0.39 is 16.6 Å². The second-order valence-electron chi connectivity index (χ2n) is 8.54. The number of rotatable bonds is 5. The Morgan fingerprint density at radius 1 is 0.921 bits per heavy atom. The maximum absolute atomic E-state index is 14.7. The van der Waals surface area contributed by atoms with Crippen molar-refractivity contribution in [2.24, 2.45) is 0 Å². The highest BCUT2D eigenvalue weighted by molar-refractivity contribution is 5.96. The first-order chi connectivity index (χ1) is 18.3. The van der Waals surface area contributed by atoms with Crippen LogP contribution < -0.4 is 10.3 Å². The summed E-state index contributed by atoms with van der Waals surface area (Å²) in [5.41, 5.74) is -0.605. The van der Waals surface area contributed by atoms with Gasteiger partial charge in [0.05, 0.1) is 21.3 Å². The fraction of sp³-hybridized carbons (Fsp3) is 0.154. The zero-order chi connectivity index (χ0) is 26.8. The minimum absolute atomic E-state index is 0.0958. The highest BCUT2D eigenvalue weighted by Gasteiger charge is 2.28. The van der Waals surface area contributed by atoms with E-state index in [1.165, 1.54) is 46.2 Å². The van der Waals surface area contributed by atoms with Gasteiger partial charge in [-0.3, -0.25) is 24.5 Å². The Morgan fingerprint density at radius 3 is 2.32 bits per heavy atom. The van der Waals surface area contributed by atoms with Gasteiger partial charge in [0.2, 0.25) is 5.88 Å². The second kappa shape index (κ2) is 10.1. The summed E-state index contributed by atoms with van der Waals surface area (Å²) >= 11 is 0. The molecule has 1 aliphatic rings. The van der Waals surface area contributed by atoms with Crippen LogP contribution in [0.4, 0.5) is 10.1 Å². The van der Waals surface area contributed by atoms with E-state index in [1.54, 1.807) is 24.3 Å². The van der Waals surface area contributed by atoms with Crippen molar-refractivity contribution >= 4 is 28.3 Å². The van der Waals surface area contributed by atoms with Gasteiger partial charge in [0.25, 0.3) is 23.1 Å². The van der Waals surface area contributed by atoms with Crippen LogP contribution in [0.3, 0.4) is 0 Å². The first kappa shape index (κ1) is 24.6. The molecule has 0 spiro atoms. The summed E-state index contributed by atoms with van der Waals surface area (Å²) in [6, 6.07) is 15.9. The molecule has 0 atom stereocenters. The molecule has 0 bridgehead atoms. The topological polar surface area (TPSA) is 139 Å². The molecule has 11 nitrogen and oxygen atoms in total. The summed E-state index contributed by atoms with van der Waals surface area (Å²) in [5.74, 6) is -1.45. The fourth-order valence-electron chi connectivity index (χ4n) is 4.23. The van der Waals surface area contributed by atoms with E-state index in [0.29, 0.717) is 10.8 Å². The average Bonchev–Trinajstić information content (AvgIpc) is 2.95. The largest absolute Gasteiger partial charge is 0.437 e. The highest BCUT2D eigenvalue weighted by atomic mass is 19.1. The van der Waals surface area contributed by atoms with E-state index in [2.05, 4.69) is 10.2 Å². The number of piperazine rings is 1. The number of carbonyl (C=O) groups excluding carboxylic acids is 2. The van der Waals surface area contributed by atoms with Crippen molar-refractivity contribution in [3.63, 3.8) is 0 Å². The molecule has 1 N–H and O–H groups in total. The summed E-state index contributed by atoms with van der Waals surface area (Å²) in [6.45, 7) is 0.656. The molecule has 38 heavy (non-hydrogen) atoms. The van der Waals surface area contributed by atoms with Gasteiger partial charge < -0.3 is 14.5 Å². The van der Waals surface area contributed by atoms with Crippen LogP contribution in [0.1, 0.15) is 20.7 Å². The molecule has 0 radical (unpaired) electrons. The summed E-state index contributed by atoms with van der Waals surface area (Å²) in [5, 5.41) is 18.1. The Kier molecular flexibility index (Phi) is 6.52.